The van der Waals surface area contributed by atoms with E-state index >= 15 is 0 Å². The first kappa shape index (κ1) is 7.47. The highest BCUT2D eigenvalue weighted by atomic mass is 16.5. The third-order valence-corrected chi connectivity index (χ3v) is 0.853. The summed E-state index contributed by atoms with van der Waals surface area (Å²) in [6, 6.07) is 0. The Labute approximate surface area is 50.6 Å². The second-order valence-electron chi connectivity index (χ2n) is 1.60. The first-order valence-electron chi connectivity index (χ1n) is 2.86. The third kappa shape index (κ3) is 3.65. The number of nitrogens with zero attached hydrogens (tertiary/aromatic N) is 1. The van der Waals surface area contributed by atoms with Crippen LogP contribution in [0.1, 0.15) is 20.3 Å². The highest BCUT2D eigenvalue weighted by Crippen LogP contribution is 1.81. The number of hydrogen-bond acceptors (Lipinski definition) is 2. The van der Waals surface area contributed by atoms with Crippen LogP contribution in [0.5, 0.6) is 0 Å². The van der Waals surface area contributed by atoms with Crippen molar-refractivity contribution in [3.05, 3.63) is 0 Å². The molecule has 0 saturated heterocycles. The van der Waals surface area contributed by atoms with Gasteiger partial charge in [-0.1, -0.05) is 6.92 Å². The van der Waals surface area contributed by atoms with Gasteiger partial charge in [-0.05, 0) is 6.42 Å². The molecule has 0 atom stereocenters. The van der Waals surface area contributed by atoms with Crippen molar-refractivity contribution < 1.29 is 4.74 Å². The number of rotatable bonds is 2. The average molecular weight is 115 g/mol. The van der Waals surface area contributed by atoms with Gasteiger partial charge in [0.15, 0.2) is 5.90 Å². The molecule has 0 heterocycles. The fourth-order valence-corrected chi connectivity index (χ4v) is 0.334. The van der Waals surface area contributed by atoms with Gasteiger partial charge < -0.3 is 4.74 Å². The molecule has 0 aliphatic heterocycles. The first-order chi connectivity index (χ1) is 3.81. The van der Waals surface area contributed by atoms with Crippen molar-refractivity contribution in [2.45, 2.75) is 20.3 Å². The molecule has 0 aliphatic carbocycles. The SMILES string of the molecule is CCCN=C(C)OC. The molecule has 0 saturated carbocycles. The molecule has 0 spiro atoms. The van der Waals surface area contributed by atoms with Crippen molar-refractivity contribution in [1.29, 1.82) is 0 Å². The summed E-state index contributed by atoms with van der Waals surface area (Å²) in [6.45, 7) is 4.82. The Balaban J connectivity index is 3.26. The lowest BCUT2D eigenvalue weighted by Crippen LogP contribution is -1.94. The van der Waals surface area contributed by atoms with Gasteiger partial charge >= 0.3 is 0 Å². The Hall–Kier alpha value is -0.530. The maximum Gasteiger partial charge on any atom is 0.179 e. The summed E-state index contributed by atoms with van der Waals surface area (Å²) >= 11 is 0. The van der Waals surface area contributed by atoms with Crippen molar-refractivity contribution in [2.24, 2.45) is 4.99 Å². The largest absolute Gasteiger partial charge is 0.484 e. The van der Waals surface area contributed by atoms with E-state index in [0.29, 0.717) is 0 Å². The second-order valence-corrected chi connectivity index (χ2v) is 1.60. The molecule has 48 valence electrons. The van der Waals surface area contributed by atoms with E-state index in [9.17, 15) is 0 Å². The lowest BCUT2D eigenvalue weighted by molar-refractivity contribution is 0.397. The zero-order chi connectivity index (χ0) is 6.41. The van der Waals surface area contributed by atoms with E-state index in [-0.39, 0.29) is 0 Å². The minimum Gasteiger partial charge on any atom is -0.484 e. The van der Waals surface area contributed by atoms with Crippen LogP contribution >= 0.6 is 0 Å². The minimum atomic E-state index is 0.770. The minimum absolute atomic E-state index is 0.770. The van der Waals surface area contributed by atoms with E-state index in [0.717, 1.165) is 18.9 Å². The van der Waals surface area contributed by atoms with Crippen LogP contribution < -0.4 is 0 Å². The summed E-state index contributed by atoms with van der Waals surface area (Å²) in [6.07, 6.45) is 1.08. The summed E-state index contributed by atoms with van der Waals surface area (Å²) in [5.74, 6) is 0.770. The van der Waals surface area contributed by atoms with Gasteiger partial charge in [-0.25, -0.2) is 0 Å². The van der Waals surface area contributed by atoms with Crippen LogP contribution in [0.25, 0.3) is 0 Å². The van der Waals surface area contributed by atoms with Crippen molar-refractivity contribution in [3.8, 4) is 0 Å². The van der Waals surface area contributed by atoms with Crippen LogP contribution in [0.2, 0.25) is 0 Å². The molecule has 0 radical (unpaired) electrons. The van der Waals surface area contributed by atoms with E-state index in [1.165, 1.54) is 0 Å². The molecule has 2 nitrogen and oxygen atoms in total. The molecular formula is C6H13NO. The maximum absolute atomic E-state index is 4.80. The molecule has 0 aromatic carbocycles. The Morgan fingerprint density at radius 3 is 2.62 bits per heavy atom. The van der Waals surface area contributed by atoms with Crippen molar-refractivity contribution in [1.82, 2.24) is 0 Å². The van der Waals surface area contributed by atoms with Gasteiger partial charge in [0.25, 0.3) is 0 Å². The number of hydrogen-bond donors (Lipinski definition) is 0. The van der Waals surface area contributed by atoms with Gasteiger partial charge in [-0.3, -0.25) is 4.99 Å². The van der Waals surface area contributed by atoms with Crippen molar-refractivity contribution in [3.63, 3.8) is 0 Å². The monoisotopic (exact) mass is 115 g/mol. The molecule has 0 unspecified atom stereocenters. The van der Waals surface area contributed by atoms with Gasteiger partial charge in [0.2, 0.25) is 0 Å². The van der Waals surface area contributed by atoms with Crippen molar-refractivity contribution in [2.75, 3.05) is 13.7 Å². The quantitative estimate of drug-likeness (QED) is 0.394. The molecule has 8 heavy (non-hydrogen) atoms. The highest BCUT2D eigenvalue weighted by Gasteiger charge is 1.81. The van der Waals surface area contributed by atoms with Crippen molar-refractivity contribution >= 4 is 5.90 Å². The summed E-state index contributed by atoms with van der Waals surface area (Å²) in [4.78, 5) is 4.06. The normalized spacial score (nSPS) is 11.6. The fourth-order valence-electron chi connectivity index (χ4n) is 0.334. The van der Waals surface area contributed by atoms with Gasteiger partial charge in [0.1, 0.15) is 0 Å². The van der Waals surface area contributed by atoms with Crippen LogP contribution in [0, 0.1) is 0 Å². The predicted octanol–water partition coefficient (Wildman–Crippen LogP) is 1.46. The molecule has 0 fully saturated rings. The van der Waals surface area contributed by atoms with Crippen LogP contribution in [0.3, 0.4) is 0 Å². The Kier molecular flexibility index (Phi) is 4.32. The topological polar surface area (TPSA) is 21.6 Å². The number of methoxy groups -OCH3 is 1. The summed E-state index contributed by atoms with van der Waals surface area (Å²) in [5, 5.41) is 0. The Morgan fingerprint density at radius 1 is 1.62 bits per heavy atom. The molecule has 0 amide bonds. The second kappa shape index (κ2) is 4.62. The summed E-state index contributed by atoms with van der Waals surface area (Å²) in [7, 11) is 1.63. The smallest absolute Gasteiger partial charge is 0.179 e. The Morgan fingerprint density at radius 2 is 2.25 bits per heavy atom. The third-order valence-electron chi connectivity index (χ3n) is 0.853. The van der Waals surface area contributed by atoms with Crippen LogP contribution in [-0.2, 0) is 4.74 Å². The van der Waals surface area contributed by atoms with E-state index in [1.807, 2.05) is 6.92 Å². The van der Waals surface area contributed by atoms with Crippen LogP contribution in [0.4, 0.5) is 0 Å². The molecule has 0 N–H and O–H groups in total. The lowest BCUT2D eigenvalue weighted by Gasteiger charge is -1.94. The van der Waals surface area contributed by atoms with E-state index < -0.39 is 0 Å². The summed E-state index contributed by atoms with van der Waals surface area (Å²) < 4.78 is 4.80. The van der Waals surface area contributed by atoms with Crippen LogP contribution in [0.15, 0.2) is 4.99 Å². The van der Waals surface area contributed by atoms with E-state index in [2.05, 4.69) is 11.9 Å². The standard InChI is InChI=1S/C6H13NO/c1-4-5-7-6(2)8-3/h4-5H2,1-3H3. The van der Waals surface area contributed by atoms with Gasteiger partial charge in [0, 0.05) is 13.5 Å². The zero-order valence-corrected chi connectivity index (χ0v) is 5.77. The molecule has 0 aromatic heterocycles. The first-order valence-corrected chi connectivity index (χ1v) is 2.86. The number of ether oxygens (including phenoxy) is 1. The van der Waals surface area contributed by atoms with Crippen LogP contribution in [-0.4, -0.2) is 19.6 Å². The van der Waals surface area contributed by atoms with Gasteiger partial charge in [-0.2, -0.15) is 0 Å². The average Bonchev–Trinajstić information content (AvgIpc) is 1.83. The highest BCUT2D eigenvalue weighted by molar-refractivity contribution is 5.72. The van der Waals surface area contributed by atoms with E-state index in [4.69, 9.17) is 4.74 Å². The lowest BCUT2D eigenvalue weighted by atomic mass is 10.5. The zero-order valence-electron chi connectivity index (χ0n) is 5.77. The fraction of sp³-hybridized carbons (Fsp3) is 0.833. The van der Waals surface area contributed by atoms with Gasteiger partial charge in [-0.15, -0.1) is 0 Å². The van der Waals surface area contributed by atoms with E-state index in [1.54, 1.807) is 7.11 Å². The molecular weight excluding hydrogens is 102 g/mol. The molecule has 2 heteroatoms. The summed E-state index contributed by atoms with van der Waals surface area (Å²) in [5.41, 5.74) is 0. The molecule has 0 aromatic rings. The molecule has 0 bridgehead atoms. The maximum atomic E-state index is 4.80. The number of aliphatic imine (C=N–C) groups is 1. The Bertz CT molecular complexity index is 78.6. The molecule has 0 rings (SSSR count). The van der Waals surface area contributed by atoms with Gasteiger partial charge in [0.05, 0.1) is 7.11 Å². The molecule has 0 aliphatic rings. The predicted molar refractivity (Wildman–Crippen MR) is 35.3 cm³/mol.